The third-order valence-electron chi connectivity index (χ3n) is 2.63. The molecule has 4 nitrogen and oxygen atoms in total. The van der Waals surface area contributed by atoms with Gasteiger partial charge in [-0.25, -0.2) is 0 Å². The van der Waals surface area contributed by atoms with Gasteiger partial charge in [0.1, 0.15) is 12.4 Å². The van der Waals surface area contributed by atoms with Crippen LogP contribution < -0.4 is 4.74 Å². The molecule has 106 valence electrons. The summed E-state index contributed by atoms with van der Waals surface area (Å²) in [7, 11) is 1.85. The summed E-state index contributed by atoms with van der Waals surface area (Å²) in [5.74, 6) is -0.667. The second-order valence-electron chi connectivity index (χ2n) is 4.42. The van der Waals surface area contributed by atoms with Gasteiger partial charge >= 0.3 is 5.97 Å². The van der Waals surface area contributed by atoms with Crippen molar-refractivity contribution in [3.8, 4) is 5.75 Å². The van der Waals surface area contributed by atoms with Crippen molar-refractivity contribution in [1.29, 1.82) is 0 Å². The van der Waals surface area contributed by atoms with Crippen LogP contribution >= 0.6 is 23.2 Å². The summed E-state index contributed by atoms with van der Waals surface area (Å²) in [5, 5.41) is 9.88. The van der Waals surface area contributed by atoms with E-state index < -0.39 is 11.9 Å². The number of benzene rings is 1. The van der Waals surface area contributed by atoms with Crippen molar-refractivity contribution in [2.45, 2.75) is 6.92 Å². The topological polar surface area (TPSA) is 49.8 Å². The first kappa shape index (κ1) is 16.1. The van der Waals surface area contributed by atoms with Crippen LogP contribution in [-0.2, 0) is 4.79 Å². The van der Waals surface area contributed by atoms with Crippen molar-refractivity contribution >= 4 is 29.2 Å². The highest BCUT2D eigenvalue weighted by Gasteiger charge is 2.13. The molecule has 0 aromatic heterocycles. The number of rotatable bonds is 7. The fraction of sp³-hybridized carbons (Fsp3) is 0.462. The van der Waals surface area contributed by atoms with Crippen LogP contribution in [-0.4, -0.2) is 42.7 Å². The molecule has 1 rings (SSSR count). The summed E-state index contributed by atoms with van der Waals surface area (Å²) in [6.07, 6.45) is 0. The summed E-state index contributed by atoms with van der Waals surface area (Å²) < 4.78 is 5.52. The molecule has 1 aromatic rings. The van der Waals surface area contributed by atoms with Crippen LogP contribution in [0.1, 0.15) is 6.92 Å². The van der Waals surface area contributed by atoms with Crippen LogP contribution in [0.25, 0.3) is 0 Å². The maximum Gasteiger partial charge on any atom is 0.307 e. The second-order valence-corrected chi connectivity index (χ2v) is 5.27. The minimum atomic E-state index is -0.800. The number of carbonyl (C=O) groups is 1. The van der Waals surface area contributed by atoms with E-state index in [1.54, 1.807) is 25.1 Å². The van der Waals surface area contributed by atoms with Gasteiger partial charge in [0.05, 0.1) is 10.9 Å². The summed E-state index contributed by atoms with van der Waals surface area (Å²) in [5.41, 5.74) is 0. The van der Waals surface area contributed by atoms with Crippen LogP contribution in [0.2, 0.25) is 10.0 Å². The third-order valence-corrected chi connectivity index (χ3v) is 3.18. The Bertz CT molecular complexity index is 440. The van der Waals surface area contributed by atoms with Crippen molar-refractivity contribution in [2.75, 3.05) is 26.7 Å². The Morgan fingerprint density at radius 2 is 2.16 bits per heavy atom. The van der Waals surface area contributed by atoms with Crippen molar-refractivity contribution in [3.63, 3.8) is 0 Å². The Balaban J connectivity index is 2.37. The zero-order valence-corrected chi connectivity index (χ0v) is 12.4. The molecule has 0 aliphatic heterocycles. The molecule has 0 aliphatic rings. The summed E-state index contributed by atoms with van der Waals surface area (Å²) in [6.45, 7) is 3.18. The number of hydrogen-bond donors (Lipinski definition) is 1. The number of halogens is 2. The molecule has 0 spiro atoms. The summed E-state index contributed by atoms with van der Waals surface area (Å²) >= 11 is 11.8. The third kappa shape index (κ3) is 5.68. The lowest BCUT2D eigenvalue weighted by atomic mass is 10.2. The van der Waals surface area contributed by atoms with Gasteiger partial charge in [-0.15, -0.1) is 0 Å². The fourth-order valence-electron chi connectivity index (χ4n) is 1.54. The van der Waals surface area contributed by atoms with E-state index in [1.165, 1.54) is 0 Å². The summed E-state index contributed by atoms with van der Waals surface area (Å²) in [6, 6.07) is 5.02. The minimum absolute atomic E-state index is 0.403. The van der Waals surface area contributed by atoms with E-state index in [1.807, 2.05) is 11.9 Å². The average Bonchev–Trinajstić information content (AvgIpc) is 2.33. The van der Waals surface area contributed by atoms with Crippen molar-refractivity contribution in [2.24, 2.45) is 5.92 Å². The number of ether oxygens (including phenoxy) is 1. The largest absolute Gasteiger partial charge is 0.491 e. The Kier molecular flexibility index (Phi) is 6.42. The number of nitrogens with zero attached hydrogens (tertiary/aromatic N) is 1. The molecule has 0 heterocycles. The Hall–Kier alpha value is -0.970. The van der Waals surface area contributed by atoms with E-state index in [-0.39, 0.29) is 0 Å². The predicted molar refractivity (Wildman–Crippen MR) is 76.3 cm³/mol. The molecule has 0 amide bonds. The van der Waals surface area contributed by atoms with Crippen LogP contribution in [0.15, 0.2) is 18.2 Å². The first-order chi connectivity index (χ1) is 8.90. The lowest BCUT2D eigenvalue weighted by Crippen LogP contribution is -2.31. The minimum Gasteiger partial charge on any atom is -0.491 e. The molecule has 6 heteroatoms. The zero-order valence-electron chi connectivity index (χ0n) is 10.9. The second kappa shape index (κ2) is 7.58. The molecule has 0 bridgehead atoms. The lowest BCUT2D eigenvalue weighted by Gasteiger charge is -2.19. The van der Waals surface area contributed by atoms with Crippen molar-refractivity contribution in [3.05, 3.63) is 28.2 Å². The van der Waals surface area contributed by atoms with E-state index in [4.69, 9.17) is 33.0 Å². The van der Waals surface area contributed by atoms with E-state index in [9.17, 15) is 4.79 Å². The van der Waals surface area contributed by atoms with Crippen LogP contribution in [0.3, 0.4) is 0 Å². The lowest BCUT2D eigenvalue weighted by molar-refractivity contribution is -0.141. The number of carboxylic acids is 1. The molecular weight excluding hydrogens is 289 g/mol. The highest BCUT2D eigenvalue weighted by Crippen LogP contribution is 2.27. The molecule has 1 N–H and O–H groups in total. The Morgan fingerprint density at radius 1 is 1.47 bits per heavy atom. The monoisotopic (exact) mass is 305 g/mol. The molecular formula is C13H17Cl2NO3. The molecule has 1 unspecified atom stereocenters. The van der Waals surface area contributed by atoms with Gasteiger partial charge in [-0.05, 0) is 19.2 Å². The maximum absolute atomic E-state index is 10.7. The number of aliphatic carboxylic acids is 1. The van der Waals surface area contributed by atoms with E-state index in [2.05, 4.69) is 0 Å². The molecule has 19 heavy (non-hydrogen) atoms. The van der Waals surface area contributed by atoms with Gasteiger partial charge in [0.2, 0.25) is 0 Å². The average molecular weight is 306 g/mol. The quantitative estimate of drug-likeness (QED) is 0.841. The van der Waals surface area contributed by atoms with Crippen LogP contribution in [0, 0.1) is 5.92 Å². The smallest absolute Gasteiger partial charge is 0.307 e. The van der Waals surface area contributed by atoms with Crippen LogP contribution in [0.5, 0.6) is 5.75 Å². The highest BCUT2D eigenvalue weighted by atomic mass is 35.5. The number of likely N-dealkylation sites (N-methyl/N-ethyl adjacent to an activating group) is 1. The number of carboxylic acid groups (broad SMARTS) is 1. The van der Waals surface area contributed by atoms with Gasteiger partial charge in [-0.3, -0.25) is 4.79 Å². The maximum atomic E-state index is 10.7. The van der Waals surface area contributed by atoms with E-state index >= 15 is 0 Å². The first-order valence-electron chi connectivity index (χ1n) is 5.89. The van der Waals surface area contributed by atoms with Crippen molar-refractivity contribution in [1.82, 2.24) is 4.90 Å². The molecule has 1 aromatic carbocycles. The molecule has 0 saturated carbocycles. The number of hydrogen-bond acceptors (Lipinski definition) is 3. The molecule has 0 saturated heterocycles. The Morgan fingerprint density at radius 3 is 2.79 bits per heavy atom. The fourth-order valence-corrected chi connectivity index (χ4v) is 1.87. The molecule has 1 atom stereocenters. The SMILES string of the molecule is CC(CN(C)CCOc1cc(Cl)ccc1Cl)C(=O)O. The molecule has 0 aliphatic carbocycles. The standard InChI is InChI=1S/C13H17Cl2NO3/c1-9(13(17)18)8-16(2)5-6-19-12-7-10(14)3-4-11(12)15/h3-4,7,9H,5-6,8H2,1-2H3,(H,17,18). The van der Waals surface area contributed by atoms with Gasteiger partial charge in [0.25, 0.3) is 0 Å². The van der Waals surface area contributed by atoms with Gasteiger partial charge < -0.3 is 14.7 Å². The predicted octanol–water partition coefficient (Wildman–Crippen LogP) is 3.02. The summed E-state index contributed by atoms with van der Waals surface area (Å²) in [4.78, 5) is 12.6. The van der Waals surface area contributed by atoms with Gasteiger partial charge in [-0.1, -0.05) is 30.1 Å². The Labute approximate surface area is 122 Å². The molecule has 0 radical (unpaired) electrons. The highest BCUT2D eigenvalue weighted by molar-refractivity contribution is 6.34. The van der Waals surface area contributed by atoms with Gasteiger partial charge in [-0.2, -0.15) is 0 Å². The van der Waals surface area contributed by atoms with Crippen molar-refractivity contribution < 1.29 is 14.6 Å². The van der Waals surface area contributed by atoms with Gasteiger partial charge in [0.15, 0.2) is 0 Å². The van der Waals surface area contributed by atoms with E-state index in [0.29, 0.717) is 35.5 Å². The van der Waals surface area contributed by atoms with Crippen LogP contribution in [0.4, 0.5) is 0 Å². The molecule has 0 fully saturated rings. The first-order valence-corrected chi connectivity index (χ1v) is 6.65. The zero-order chi connectivity index (χ0) is 14.4. The normalized spacial score (nSPS) is 12.5. The van der Waals surface area contributed by atoms with Gasteiger partial charge in [0, 0.05) is 24.2 Å². The van der Waals surface area contributed by atoms with E-state index in [0.717, 1.165) is 0 Å².